The van der Waals surface area contributed by atoms with Gasteiger partial charge in [0.15, 0.2) is 0 Å². The minimum Gasteiger partial charge on any atom is -0.372 e. The van der Waals surface area contributed by atoms with E-state index < -0.39 is 0 Å². The maximum atomic E-state index is 11.9. The van der Waals surface area contributed by atoms with Crippen LogP contribution in [0.1, 0.15) is 44.6 Å². The van der Waals surface area contributed by atoms with E-state index in [0.717, 1.165) is 31.5 Å². The molecule has 2 aliphatic rings. The fraction of sp³-hybridized carbons (Fsp3) is 0.550. The van der Waals surface area contributed by atoms with Crippen LogP contribution >= 0.6 is 0 Å². The van der Waals surface area contributed by atoms with Gasteiger partial charge in [0.05, 0.1) is 0 Å². The minimum absolute atomic E-state index is 0.106. The van der Waals surface area contributed by atoms with Crippen LogP contribution in [0.3, 0.4) is 0 Å². The molecule has 1 unspecified atom stereocenters. The van der Waals surface area contributed by atoms with E-state index in [1.807, 2.05) is 0 Å². The molecule has 3 rings (SSSR count). The molecular weight excluding hydrogens is 316 g/mol. The highest BCUT2D eigenvalue weighted by Crippen LogP contribution is 2.26. The summed E-state index contributed by atoms with van der Waals surface area (Å²) in [6.07, 6.45) is 4.59. The van der Waals surface area contributed by atoms with Crippen molar-refractivity contribution < 1.29 is 14.4 Å². The highest BCUT2D eigenvalue weighted by atomic mass is 16.2. The zero-order valence-electron chi connectivity index (χ0n) is 14.8. The van der Waals surface area contributed by atoms with E-state index in [-0.39, 0.29) is 23.5 Å². The van der Waals surface area contributed by atoms with Crippen LogP contribution in [0.15, 0.2) is 24.3 Å². The third-order valence-corrected chi connectivity index (χ3v) is 5.33. The number of piperidine rings is 2. The Labute approximate surface area is 148 Å². The van der Waals surface area contributed by atoms with Crippen molar-refractivity contribution in [3.05, 3.63) is 29.8 Å². The van der Waals surface area contributed by atoms with Gasteiger partial charge in [0.1, 0.15) is 5.78 Å². The fourth-order valence-corrected chi connectivity index (χ4v) is 3.86. The van der Waals surface area contributed by atoms with Gasteiger partial charge in [0.2, 0.25) is 11.8 Å². The van der Waals surface area contributed by atoms with Crippen LogP contribution in [0, 0.1) is 11.8 Å². The monoisotopic (exact) mass is 342 g/mol. The zero-order valence-corrected chi connectivity index (χ0v) is 14.8. The van der Waals surface area contributed by atoms with Crippen LogP contribution in [0.2, 0.25) is 0 Å². The van der Waals surface area contributed by atoms with E-state index >= 15 is 0 Å². The average Bonchev–Trinajstić information content (AvgIpc) is 2.58. The van der Waals surface area contributed by atoms with Gasteiger partial charge in [-0.05, 0) is 56.2 Å². The molecule has 2 heterocycles. The lowest BCUT2D eigenvalue weighted by molar-refractivity contribution is -0.136. The molecule has 2 saturated heterocycles. The number of hydrogen-bond acceptors (Lipinski definition) is 4. The van der Waals surface area contributed by atoms with Crippen LogP contribution in [-0.4, -0.2) is 30.7 Å². The fourth-order valence-electron chi connectivity index (χ4n) is 3.86. The molecule has 134 valence electrons. The normalized spacial score (nSPS) is 22.0. The van der Waals surface area contributed by atoms with Gasteiger partial charge in [-0.15, -0.1) is 0 Å². The van der Waals surface area contributed by atoms with Crippen LogP contribution in [0.5, 0.6) is 0 Å². The Morgan fingerprint density at radius 2 is 1.80 bits per heavy atom. The Kier molecular flexibility index (Phi) is 5.51. The number of nitrogens with one attached hydrogen (secondary N) is 1. The zero-order chi connectivity index (χ0) is 17.8. The van der Waals surface area contributed by atoms with Gasteiger partial charge in [0, 0.05) is 37.5 Å². The molecule has 2 amide bonds. The van der Waals surface area contributed by atoms with E-state index in [4.69, 9.17) is 0 Å². The summed E-state index contributed by atoms with van der Waals surface area (Å²) in [4.78, 5) is 36.7. The van der Waals surface area contributed by atoms with Gasteiger partial charge in [0.25, 0.3) is 0 Å². The van der Waals surface area contributed by atoms with Crippen LogP contribution < -0.4 is 10.2 Å². The molecule has 25 heavy (non-hydrogen) atoms. The number of hydrogen-bond donors (Lipinski definition) is 1. The number of carbonyl (C=O) groups is 3. The maximum absolute atomic E-state index is 11.9. The second-order valence-electron chi connectivity index (χ2n) is 7.36. The minimum atomic E-state index is -0.162. The number of anilines is 1. The van der Waals surface area contributed by atoms with Crippen molar-refractivity contribution in [3.63, 3.8) is 0 Å². The summed E-state index contributed by atoms with van der Waals surface area (Å²) in [5.74, 6) is 0.403. The molecule has 1 N–H and O–H groups in total. The van der Waals surface area contributed by atoms with Crippen molar-refractivity contribution in [3.8, 4) is 0 Å². The third kappa shape index (κ3) is 4.68. The first-order valence-electron chi connectivity index (χ1n) is 9.18. The molecule has 2 aliphatic heterocycles. The molecule has 2 fully saturated rings. The lowest BCUT2D eigenvalue weighted by Gasteiger charge is -2.33. The first-order valence-corrected chi connectivity index (χ1v) is 9.18. The van der Waals surface area contributed by atoms with Crippen molar-refractivity contribution in [2.24, 2.45) is 11.8 Å². The number of imide groups is 1. The summed E-state index contributed by atoms with van der Waals surface area (Å²) in [6, 6.07) is 8.40. The Balaban J connectivity index is 1.53. The molecule has 5 nitrogen and oxygen atoms in total. The van der Waals surface area contributed by atoms with E-state index in [0.29, 0.717) is 31.6 Å². The lowest BCUT2D eigenvalue weighted by atomic mass is 9.90. The van der Waals surface area contributed by atoms with Gasteiger partial charge >= 0.3 is 0 Å². The molecule has 0 aliphatic carbocycles. The van der Waals surface area contributed by atoms with Crippen LogP contribution in [0.4, 0.5) is 5.69 Å². The van der Waals surface area contributed by atoms with E-state index in [9.17, 15) is 14.4 Å². The summed E-state index contributed by atoms with van der Waals surface area (Å²) < 4.78 is 0. The molecule has 0 spiro atoms. The van der Waals surface area contributed by atoms with Crippen molar-refractivity contribution in [2.45, 2.75) is 45.4 Å². The average molecular weight is 342 g/mol. The van der Waals surface area contributed by atoms with Crippen molar-refractivity contribution >= 4 is 23.3 Å². The first kappa shape index (κ1) is 17.6. The Morgan fingerprint density at radius 3 is 2.40 bits per heavy atom. The SMILES string of the molecule is CC(=O)CC1CCN(c2ccc(CC3CCC(=O)NC3=O)cc2)CC1. The number of Topliss-reactive ketones (excluding diaryl/α,β-unsaturated/α-hetero) is 1. The second-order valence-corrected chi connectivity index (χ2v) is 7.36. The number of carbonyl (C=O) groups excluding carboxylic acids is 3. The number of ketones is 1. The topological polar surface area (TPSA) is 66.5 Å². The lowest BCUT2D eigenvalue weighted by Crippen LogP contribution is -2.41. The number of amides is 2. The van der Waals surface area contributed by atoms with Crippen LogP contribution in [-0.2, 0) is 20.8 Å². The number of rotatable bonds is 5. The second kappa shape index (κ2) is 7.81. The molecule has 0 aromatic heterocycles. The van der Waals surface area contributed by atoms with Crippen molar-refractivity contribution in [1.82, 2.24) is 5.32 Å². The molecule has 0 saturated carbocycles. The summed E-state index contributed by atoms with van der Waals surface area (Å²) in [6.45, 7) is 3.66. The first-order chi connectivity index (χ1) is 12.0. The van der Waals surface area contributed by atoms with Gasteiger partial charge in [-0.1, -0.05) is 12.1 Å². The Bertz CT molecular complexity index is 645. The molecule has 0 radical (unpaired) electrons. The Morgan fingerprint density at radius 1 is 1.12 bits per heavy atom. The number of nitrogens with zero attached hydrogens (tertiary/aromatic N) is 1. The molecule has 0 bridgehead atoms. The standard InChI is InChI=1S/C20H26N2O3/c1-14(23)12-16-8-10-22(11-9-16)18-5-2-15(3-6-18)13-17-4-7-19(24)21-20(17)25/h2-3,5-6,16-17H,4,7-13H2,1H3,(H,21,24,25). The maximum Gasteiger partial charge on any atom is 0.230 e. The van der Waals surface area contributed by atoms with Gasteiger partial charge in [-0.3, -0.25) is 14.9 Å². The highest BCUT2D eigenvalue weighted by Gasteiger charge is 2.26. The molecular formula is C20H26N2O3. The van der Waals surface area contributed by atoms with Crippen molar-refractivity contribution in [2.75, 3.05) is 18.0 Å². The number of benzene rings is 1. The van der Waals surface area contributed by atoms with Crippen LogP contribution in [0.25, 0.3) is 0 Å². The largest absolute Gasteiger partial charge is 0.372 e. The highest BCUT2D eigenvalue weighted by molar-refractivity contribution is 5.98. The molecule has 5 heteroatoms. The summed E-state index contributed by atoms with van der Waals surface area (Å²) in [5, 5.41) is 2.42. The third-order valence-electron chi connectivity index (χ3n) is 5.33. The molecule has 1 aromatic rings. The quantitative estimate of drug-likeness (QED) is 0.835. The molecule has 1 atom stereocenters. The molecule has 1 aromatic carbocycles. The summed E-state index contributed by atoms with van der Waals surface area (Å²) >= 11 is 0. The summed E-state index contributed by atoms with van der Waals surface area (Å²) in [5.41, 5.74) is 2.33. The van der Waals surface area contributed by atoms with E-state index in [2.05, 4.69) is 34.5 Å². The van der Waals surface area contributed by atoms with E-state index in [1.54, 1.807) is 6.92 Å². The summed E-state index contributed by atoms with van der Waals surface area (Å²) in [7, 11) is 0. The predicted molar refractivity (Wildman–Crippen MR) is 96.3 cm³/mol. The smallest absolute Gasteiger partial charge is 0.230 e. The Hall–Kier alpha value is -2.17. The predicted octanol–water partition coefficient (Wildman–Crippen LogP) is 2.48. The van der Waals surface area contributed by atoms with Gasteiger partial charge in [-0.25, -0.2) is 0 Å². The van der Waals surface area contributed by atoms with E-state index in [1.165, 1.54) is 5.69 Å². The van der Waals surface area contributed by atoms with Gasteiger partial charge < -0.3 is 9.69 Å². The van der Waals surface area contributed by atoms with Gasteiger partial charge in [-0.2, -0.15) is 0 Å². The van der Waals surface area contributed by atoms with Crippen molar-refractivity contribution in [1.29, 1.82) is 0 Å².